The highest BCUT2D eigenvalue weighted by molar-refractivity contribution is 6.08. The zero-order valence-corrected chi connectivity index (χ0v) is 14.0. The molecule has 1 aliphatic heterocycles. The minimum Gasteiger partial charge on any atom is -1.00 e. The Morgan fingerprint density at radius 1 is 0.905 bits per heavy atom. The molecule has 21 heavy (non-hydrogen) atoms. The molecule has 0 N–H and O–H groups in total. The third-order valence-electron chi connectivity index (χ3n) is 4.37. The van der Waals surface area contributed by atoms with Crippen molar-refractivity contribution < 1.29 is 21.5 Å². The van der Waals surface area contributed by atoms with E-state index in [0.29, 0.717) is 6.04 Å². The first-order valence-electron chi connectivity index (χ1n) is 7.37. The molecular weight excluding hydrogens is 324 g/mol. The van der Waals surface area contributed by atoms with Gasteiger partial charge in [-0.1, -0.05) is 36.4 Å². The molecule has 108 valence electrons. The third kappa shape index (κ3) is 2.03. The van der Waals surface area contributed by atoms with Crippen LogP contribution in [0.1, 0.15) is 13.8 Å². The maximum absolute atomic E-state index is 2.52. The van der Waals surface area contributed by atoms with Crippen LogP contribution in [0.25, 0.3) is 21.7 Å². The third-order valence-corrected chi connectivity index (χ3v) is 4.37. The molecule has 0 fully saturated rings. The Morgan fingerprint density at radius 2 is 1.52 bits per heavy atom. The second-order valence-electron chi connectivity index (χ2n) is 5.83. The van der Waals surface area contributed by atoms with Gasteiger partial charge in [-0.25, -0.2) is 4.57 Å². The molecule has 3 aromatic rings. The monoisotopic (exact) mass is 342 g/mol. The highest BCUT2D eigenvalue weighted by atomic mass is 79.9. The molecule has 0 spiro atoms. The lowest BCUT2D eigenvalue weighted by Crippen LogP contribution is -3.00. The highest BCUT2D eigenvalue weighted by Gasteiger charge is 2.33. The average Bonchev–Trinajstić information content (AvgIpc) is 2.93. The van der Waals surface area contributed by atoms with Crippen molar-refractivity contribution in [2.75, 3.05) is 11.4 Å². The zero-order valence-electron chi connectivity index (χ0n) is 12.4. The van der Waals surface area contributed by atoms with Crippen molar-refractivity contribution in [2.24, 2.45) is 0 Å². The van der Waals surface area contributed by atoms with Crippen LogP contribution in [0, 0.1) is 0 Å². The summed E-state index contributed by atoms with van der Waals surface area (Å²) in [5.74, 6) is 1.38. The molecule has 0 atom stereocenters. The summed E-state index contributed by atoms with van der Waals surface area (Å²) in [4.78, 5) is 2.52. The van der Waals surface area contributed by atoms with E-state index >= 15 is 0 Å². The summed E-state index contributed by atoms with van der Waals surface area (Å²) in [6, 6.07) is 18.1. The van der Waals surface area contributed by atoms with E-state index in [1.54, 1.807) is 0 Å². The van der Waals surface area contributed by atoms with E-state index in [2.05, 4.69) is 71.8 Å². The normalized spacial score (nSPS) is 13.8. The number of anilines is 1. The van der Waals surface area contributed by atoms with E-state index in [1.807, 2.05) is 0 Å². The van der Waals surface area contributed by atoms with Crippen LogP contribution in [0.2, 0.25) is 0 Å². The Balaban J connectivity index is 0.00000132. The molecule has 2 aromatic carbocycles. The molecule has 0 saturated carbocycles. The lowest BCUT2D eigenvalue weighted by molar-refractivity contribution is -0.643. The number of aromatic nitrogens is 1. The molecule has 1 aliphatic rings. The molecule has 0 bridgehead atoms. The number of hydrogen-bond acceptors (Lipinski definition) is 1. The Labute approximate surface area is 135 Å². The van der Waals surface area contributed by atoms with Crippen LogP contribution >= 0.6 is 0 Å². The molecular formula is C18H19BrN2. The van der Waals surface area contributed by atoms with Crippen LogP contribution in [-0.4, -0.2) is 12.6 Å². The van der Waals surface area contributed by atoms with Gasteiger partial charge in [0.05, 0.1) is 11.4 Å². The smallest absolute Gasteiger partial charge is 0.285 e. The van der Waals surface area contributed by atoms with Crippen molar-refractivity contribution in [3.63, 3.8) is 0 Å². The summed E-state index contributed by atoms with van der Waals surface area (Å²) in [5.41, 5.74) is 1.35. The highest BCUT2D eigenvalue weighted by Crippen LogP contribution is 2.32. The van der Waals surface area contributed by atoms with Gasteiger partial charge in [0.25, 0.3) is 5.82 Å². The molecule has 0 unspecified atom stereocenters. The van der Waals surface area contributed by atoms with Crippen LogP contribution in [0.3, 0.4) is 0 Å². The predicted octanol–water partition coefficient (Wildman–Crippen LogP) is 0.513. The van der Waals surface area contributed by atoms with Gasteiger partial charge < -0.3 is 17.0 Å². The summed E-state index contributed by atoms with van der Waals surface area (Å²) in [7, 11) is 0. The second kappa shape index (κ2) is 5.30. The summed E-state index contributed by atoms with van der Waals surface area (Å²) in [6.45, 7) is 6.74. The van der Waals surface area contributed by atoms with E-state index in [1.165, 1.54) is 27.5 Å². The average molecular weight is 343 g/mol. The van der Waals surface area contributed by atoms with Crippen molar-refractivity contribution in [3.05, 3.63) is 48.5 Å². The number of fused-ring (bicyclic) bond motifs is 6. The van der Waals surface area contributed by atoms with Gasteiger partial charge in [0.2, 0.25) is 0 Å². The van der Waals surface area contributed by atoms with E-state index in [9.17, 15) is 0 Å². The van der Waals surface area contributed by atoms with Gasteiger partial charge in [0, 0.05) is 10.8 Å². The Bertz CT molecular complexity index is 811. The Morgan fingerprint density at radius 3 is 2.24 bits per heavy atom. The zero-order chi connectivity index (χ0) is 13.7. The first-order valence-corrected chi connectivity index (χ1v) is 7.37. The molecule has 3 heteroatoms. The Kier molecular flexibility index (Phi) is 3.62. The van der Waals surface area contributed by atoms with E-state index in [4.69, 9.17) is 0 Å². The van der Waals surface area contributed by atoms with Gasteiger partial charge in [-0.3, -0.25) is 4.90 Å². The van der Waals surface area contributed by atoms with Crippen molar-refractivity contribution in [1.82, 2.24) is 0 Å². The lowest BCUT2D eigenvalue weighted by Gasteiger charge is -2.17. The van der Waals surface area contributed by atoms with Crippen molar-refractivity contribution >= 4 is 27.5 Å². The van der Waals surface area contributed by atoms with Crippen LogP contribution in [0.4, 0.5) is 5.82 Å². The SMILES string of the molecule is CC(C)N1CC[n+]2c1c1ccccc1c1ccccc12.[Br-]. The fourth-order valence-electron chi connectivity index (χ4n) is 3.46. The van der Waals surface area contributed by atoms with Gasteiger partial charge in [0.1, 0.15) is 18.6 Å². The summed E-state index contributed by atoms with van der Waals surface area (Å²) >= 11 is 0. The Hall–Kier alpha value is -1.61. The minimum atomic E-state index is 0. The molecule has 2 nitrogen and oxygen atoms in total. The predicted molar refractivity (Wildman–Crippen MR) is 84.1 cm³/mol. The molecule has 0 radical (unpaired) electrons. The first-order chi connectivity index (χ1) is 9.77. The molecule has 4 rings (SSSR count). The van der Waals surface area contributed by atoms with Crippen LogP contribution < -0.4 is 26.4 Å². The molecule has 2 heterocycles. The number of nitrogens with zero attached hydrogens (tertiary/aromatic N) is 2. The molecule has 0 aliphatic carbocycles. The molecule has 0 saturated heterocycles. The minimum absolute atomic E-state index is 0. The van der Waals surface area contributed by atoms with Gasteiger partial charge >= 0.3 is 0 Å². The van der Waals surface area contributed by atoms with E-state index in [-0.39, 0.29) is 17.0 Å². The number of halogens is 1. The quantitative estimate of drug-likeness (QED) is 0.461. The van der Waals surface area contributed by atoms with Crippen molar-refractivity contribution in [3.8, 4) is 0 Å². The van der Waals surface area contributed by atoms with Crippen LogP contribution in [-0.2, 0) is 6.54 Å². The summed E-state index contributed by atoms with van der Waals surface area (Å²) < 4.78 is 2.48. The van der Waals surface area contributed by atoms with Gasteiger partial charge in [0.15, 0.2) is 0 Å². The lowest BCUT2D eigenvalue weighted by atomic mass is 10.1. The summed E-state index contributed by atoms with van der Waals surface area (Å²) in [5, 5.41) is 4.09. The fourth-order valence-corrected chi connectivity index (χ4v) is 3.46. The second-order valence-corrected chi connectivity index (χ2v) is 5.83. The number of benzene rings is 2. The standard InChI is InChI=1S/C18H19N2.BrH/c1-13(2)19-11-12-20-17-10-6-5-8-15(17)14-7-3-4-9-16(14)18(19)20;/h3-10,13H,11-12H2,1-2H3;1H/q+1;/p-1. The maximum Gasteiger partial charge on any atom is 0.285 e. The summed E-state index contributed by atoms with van der Waals surface area (Å²) in [6.07, 6.45) is 0. The van der Waals surface area contributed by atoms with Crippen LogP contribution in [0.15, 0.2) is 48.5 Å². The van der Waals surface area contributed by atoms with Crippen molar-refractivity contribution in [1.29, 1.82) is 0 Å². The van der Waals surface area contributed by atoms with Gasteiger partial charge in [-0.2, -0.15) is 0 Å². The largest absolute Gasteiger partial charge is 1.00 e. The van der Waals surface area contributed by atoms with Gasteiger partial charge in [-0.15, -0.1) is 0 Å². The number of pyridine rings is 1. The topological polar surface area (TPSA) is 7.12 Å². The molecule has 0 amide bonds. The first kappa shape index (κ1) is 14.3. The van der Waals surface area contributed by atoms with E-state index in [0.717, 1.165) is 13.1 Å². The van der Waals surface area contributed by atoms with E-state index < -0.39 is 0 Å². The van der Waals surface area contributed by atoms with Crippen LogP contribution in [0.5, 0.6) is 0 Å². The maximum atomic E-state index is 2.52. The fraction of sp³-hybridized carbons (Fsp3) is 0.278. The number of rotatable bonds is 1. The number of hydrogen-bond donors (Lipinski definition) is 0. The van der Waals surface area contributed by atoms with Crippen molar-refractivity contribution in [2.45, 2.75) is 26.4 Å². The molecule has 1 aromatic heterocycles. The van der Waals surface area contributed by atoms with Gasteiger partial charge in [-0.05, 0) is 26.0 Å². The number of para-hydroxylation sites is 1.